The van der Waals surface area contributed by atoms with Crippen molar-refractivity contribution in [3.63, 3.8) is 0 Å². The average Bonchev–Trinajstić information content (AvgIpc) is 2.97. The number of carbonyl (C=O) groups excluding carboxylic acids is 3. The first-order valence-corrected chi connectivity index (χ1v) is 9.71. The van der Waals surface area contributed by atoms with E-state index in [2.05, 4.69) is 9.97 Å². The lowest BCUT2D eigenvalue weighted by molar-refractivity contribution is -0.131. The summed E-state index contributed by atoms with van der Waals surface area (Å²) in [4.78, 5) is 52.7. The molecule has 1 aliphatic heterocycles. The predicted octanol–water partition coefficient (Wildman–Crippen LogP) is 3.96. The van der Waals surface area contributed by atoms with Gasteiger partial charge in [0, 0.05) is 34.3 Å². The zero-order valence-corrected chi connectivity index (χ0v) is 18.3. The number of aliphatic carboxylic acids is 1. The second-order valence-electron chi connectivity index (χ2n) is 5.73. The molecule has 8 nitrogen and oxygen atoms in total. The molecule has 0 fully saturated rings. The van der Waals surface area contributed by atoms with Gasteiger partial charge in [-0.2, -0.15) is 0 Å². The number of imide groups is 1. The largest absolute Gasteiger partial charge is 0.478 e. The van der Waals surface area contributed by atoms with Crippen LogP contribution in [0.1, 0.15) is 5.69 Å². The first kappa shape index (κ1) is 24.5. The standard InChI is InChI=1S/C10H7Cl2NO3.C9H4Cl2N2O2/c11-6-3-7(13-9(12)4-6)5-8(14)1-2-10(15)16;10-5-3-6(11)12-7(4-5)13-8(14)1-2-9(13)15/h1-4H,5H2,(H,15,16);1-4H/b2-1+;. The molecule has 1 N–H and O–H groups in total. The molecule has 0 aromatic carbocycles. The summed E-state index contributed by atoms with van der Waals surface area (Å²) >= 11 is 22.7. The van der Waals surface area contributed by atoms with Gasteiger partial charge in [-0.05, 0) is 24.3 Å². The van der Waals surface area contributed by atoms with Crippen LogP contribution in [0.3, 0.4) is 0 Å². The maximum atomic E-state index is 11.3. The van der Waals surface area contributed by atoms with Crippen LogP contribution in [0, 0.1) is 0 Å². The lowest BCUT2D eigenvalue weighted by Gasteiger charge is -2.12. The van der Waals surface area contributed by atoms with Crippen molar-refractivity contribution in [2.45, 2.75) is 6.42 Å². The zero-order chi connectivity index (χ0) is 23.1. The van der Waals surface area contributed by atoms with Crippen molar-refractivity contribution < 1.29 is 24.3 Å². The van der Waals surface area contributed by atoms with Crippen molar-refractivity contribution in [1.82, 2.24) is 9.97 Å². The van der Waals surface area contributed by atoms with E-state index in [-0.39, 0.29) is 28.3 Å². The molecule has 0 radical (unpaired) electrons. The van der Waals surface area contributed by atoms with Gasteiger partial charge in [-0.1, -0.05) is 46.4 Å². The fourth-order valence-corrected chi connectivity index (χ4v) is 3.17. The SMILES string of the molecule is O=C(O)/C=C/C(=O)Cc1cc(Cl)cc(Cl)n1.O=C1C=CC(=O)N1c1cc(Cl)cc(Cl)n1. The minimum atomic E-state index is -1.18. The molecule has 160 valence electrons. The lowest BCUT2D eigenvalue weighted by atomic mass is 10.2. The van der Waals surface area contributed by atoms with E-state index in [1.807, 2.05) is 0 Å². The number of ketones is 1. The molecule has 2 aromatic heterocycles. The molecule has 0 atom stereocenters. The number of carbonyl (C=O) groups is 4. The summed E-state index contributed by atoms with van der Waals surface area (Å²) in [5.41, 5.74) is 0.400. The second-order valence-corrected chi connectivity index (χ2v) is 7.37. The van der Waals surface area contributed by atoms with Crippen molar-refractivity contribution in [2.24, 2.45) is 0 Å². The Morgan fingerprint density at radius 2 is 1.42 bits per heavy atom. The summed E-state index contributed by atoms with van der Waals surface area (Å²) in [7, 11) is 0. The Morgan fingerprint density at radius 1 is 0.871 bits per heavy atom. The van der Waals surface area contributed by atoms with Crippen molar-refractivity contribution in [3.05, 3.63) is 74.6 Å². The van der Waals surface area contributed by atoms with Gasteiger partial charge in [0.1, 0.15) is 16.1 Å². The van der Waals surface area contributed by atoms with E-state index < -0.39 is 17.8 Å². The number of amides is 2. The third kappa shape index (κ3) is 7.76. The molecule has 2 amide bonds. The van der Waals surface area contributed by atoms with E-state index in [4.69, 9.17) is 51.5 Å². The quantitative estimate of drug-likeness (QED) is 0.373. The van der Waals surface area contributed by atoms with Crippen LogP contribution in [0.15, 0.2) is 48.6 Å². The summed E-state index contributed by atoms with van der Waals surface area (Å²) in [6, 6.07) is 5.77. The number of halogens is 4. The first-order chi connectivity index (χ1) is 14.5. The molecule has 1 aliphatic rings. The van der Waals surface area contributed by atoms with Gasteiger partial charge in [0.25, 0.3) is 11.8 Å². The molecule has 0 saturated heterocycles. The molecule has 3 rings (SSSR count). The monoisotopic (exact) mass is 501 g/mol. The Bertz CT molecular complexity index is 1060. The number of carboxylic acid groups (broad SMARTS) is 1. The minimum Gasteiger partial charge on any atom is -0.478 e. The number of aromatic nitrogens is 2. The number of rotatable bonds is 5. The fourth-order valence-electron chi connectivity index (χ4n) is 2.20. The number of pyridine rings is 2. The fraction of sp³-hybridized carbons (Fsp3) is 0.0526. The van der Waals surface area contributed by atoms with Gasteiger partial charge in [0.05, 0.1) is 12.1 Å². The van der Waals surface area contributed by atoms with Crippen LogP contribution in [0.25, 0.3) is 0 Å². The summed E-state index contributed by atoms with van der Waals surface area (Å²) in [5.74, 6) is -2.33. The highest BCUT2D eigenvalue weighted by Gasteiger charge is 2.26. The van der Waals surface area contributed by atoms with E-state index in [0.717, 1.165) is 17.1 Å². The summed E-state index contributed by atoms with van der Waals surface area (Å²) in [5, 5.41) is 9.34. The molecule has 0 saturated carbocycles. The summed E-state index contributed by atoms with van der Waals surface area (Å²) < 4.78 is 0. The van der Waals surface area contributed by atoms with E-state index in [1.165, 1.54) is 36.4 Å². The topological polar surface area (TPSA) is 118 Å². The van der Waals surface area contributed by atoms with Gasteiger partial charge < -0.3 is 5.11 Å². The molecule has 2 aromatic rings. The number of hydrogen-bond acceptors (Lipinski definition) is 6. The van der Waals surface area contributed by atoms with E-state index in [1.54, 1.807) is 0 Å². The Hall–Kier alpha value is -2.78. The number of allylic oxidation sites excluding steroid dienone is 1. The molecule has 0 unspecified atom stereocenters. The first-order valence-electron chi connectivity index (χ1n) is 8.20. The normalized spacial score (nSPS) is 12.8. The number of carboxylic acids is 1. The van der Waals surface area contributed by atoms with Crippen LogP contribution < -0.4 is 4.90 Å². The number of nitrogens with zero attached hydrogens (tertiary/aromatic N) is 3. The molecule has 0 spiro atoms. The van der Waals surface area contributed by atoms with E-state index in [9.17, 15) is 19.2 Å². The van der Waals surface area contributed by atoms with Crippen LogP contribution in [0.4, 0.5) is 5.82 Å². The average molecular weight is 503 g/mol. The smallest absolute Gasteiger partial charge is 0.328 e. The molecular weight excluding hydrogens is 492 g/mol. The summed E-state index contributed by atoms with van der Waals surface area (Å²) in [6.07, 6.45) is 4.04. The van der Waals surface area contributed by atoms with Gasteiger partial charge in [-0.3, -0.25) is 14.4 Å². The van der Waals surface area contributed by atoms with Crippen LogP contribution in [0.5, 0.6) is 0 Å². The third-order valence-electron chi connectivity index (χ3n) is 3.36. The van der Waals surface area contributed by atoms with Gasteiger partial charge in [-0.25, -0.2) is 19.7 Å². The number of anilines is 1. The Kier molecular flexibility index (Phi) is 8.70. The van der Waals surface area contributed by atoms with E-state index >= 15 is 0 Å². The highest BCUT2D eigenvalue weighted by atomic mass is 35.5. The van der Waals surface area contributed by atoms with Crippen LogP contribution in [0.2, 0.25) is 20.4 Å². The minimum absolute atomic E-state index is 0.0376. The Balaban J connectivity index is 0.000000220. The van der Waals surface area contributed by atoms with Gasteiger partial charge in [0.15, 0.2) is 5.78 Å². The second kappa shape index (κ2) is 11.0. The summed E-state index contributed by atoms with van der Waals surface area (Å²) in [6.45, 7) is 0. The molecule has 31 heavy (non-hydrogen) atoms. The van der Waals surface area contributed by atoms with Crippen LogP contribution in [-0.4, -0.2) is 38.6 Å². The van der Waals surface area contributed by atoms with Gasteiger partial charge in [-0.15, -0.1) is 0 Å². The zero-order valence-electron chi connectivity index (χ0n) is 15.3. The maximum Gasteiger partial charge on any atom is 0.328 e. The predicted molar refractivity (Wildman–Crippen MR) is 116 cm³/mol. The molecule has 3 heterocycles. The van der Waals surface area contributed by atoms with Crippen molar-refractivity contribution in [1.29, 1.82) is 0 Å². The molecule has 0 aliphatic carbocycles. The maximum absolute atomic E-state index is 11.3. The van der Waals surface area contributed by atoms with Crippen molar-refractivity contribution in [2.75, 3.05) is 4.90 Å². The molecule has 0 bridgehead atoms. The molecular formula is C19H11Cl4N3O5. The molecule has 12 heteroatoms. The van der Waals surface area contributed by atoms with E-state index in [0.29, 0.717) is 15.7 Å². The number of hydrogen-bond donors (Lipinski definition) is 1. The van der Waals surface area contributed by atoms with Gasteiger partial charge in [0.2, 0.25) is 0 Å². The van der Waals surface area contributed by atoms with Crippen LogP contribution >= 0.6 is 46.4 Å². The van der Waals surface area contributed by atoms with Gasteiger partial charge >= 0.3 is 5.97 Å². The Labute approximate surface area is 195 Å². The van der Waals surface area contributed by atoms with Crippen LogP contribution in [-0.2, 0) is 25.6 Å². The van der Waals surface area contributed by atoms with Crippen molar-refractivity contribution in [3.8, 4) is 0 Å². The highest BCUT2D eigenvalue weighted by Crippen LogP contribution is 2.23. The highest BCUT2D eigenvalue weighted by molar-refractivity contribution is 6.35. The Morgan fingerprint density at radius 3 is 1.94 bits per heavy atom. The lowest BCUT2D eigenvalue weighted by Crippen LogP contribution is -2.30. The third-order valence-corrected chi connectivity index (χ3v) is 4.19. The van der Waals surface area contributed by atoms with Crippen molar-refractivity contribution >= 4 is 75.8 Å².